The van der Waals surface area contributed by atoms with Gasteiger partial charge in [0.05, 0.1) is 18.1 Å². The number of halogens is 1. The molecule has 0 N–H and O–H groups in total. The summed E-state index contributed by atoms with van der Waals surface area (Å²) in [6, 6.07) is 0.0547. The van der Waals surface area contributed by atoms with Crippen molar-refractivity contribution >= 4 is 42.7 Å². The Bertz CT molecular complexity index is 396. The van der Waals surface area contributed by atoms with Crippen molar-refractivity contribution in [3.8, 4) is 0 Å². The Hall–Kier alpha value is 0.250. The van der Waals surface area contributed by atoms with Crippen LogP contribution >= 0.6 is 27.7 Å². The lowest BCUT2D eigenvalue weighted by molar-refractivity contribution is 0.359. The van der Waals surface area contributed by atoms with Crippen LogP contribution in [0.1, 0.15) is 6.92 Å². The molecule has 2 rings (SSSR count). The summed E-state index contributed by atoms with van der Waals surface area (Å²) in [6.45, 7) is 3.38. The first-order valence-electron chi connectivity index (χ1n) is 5.26. The molecule has 2 aliphatic rings. The molecule has 1 fully saturated rings. The van der Waals surface area contributed by atoms with Crippen LogP contribution in [0.4, 0.5) is 0 Å². The molecule has 0 aromatic carbocycles. The zero-order valence-corrected chi connectivity index (χ0v) is 12.3. The van der Waals surface area contributed by atoms with Gasteiger partial charge in [0.1, 0.15) is 0 Å². The summed E-state index contributed by atoms with van der Waals surface area (Å²) < 4.78 is 22.9. The molecule has 2 aliphatic heterocycles. The monoisotopic (exact) mass is 326 g/mol. The summed E-state index contributed by atoms with van der Waals surface area (Å²) in [5.74, 6) is 0.515. The van der Waals surface area contributed by atoms with E-state index >= 15 is 0 Å². The van der Waals surface area contributed by atoms with Gasteiger partial charge in [0.15, 0.2) is 15.0 Å². The Labute approximate surface area is 109 Å². The minimum absolute atomic E-state index is 0.0547. The highest BCUT2D eigenvalue weighted by molar-refractivity contribution is 9.09. The number of sulfone groups is 1. The van der Waals surface area contributed by atoms with E-state index in [0.29, 0.717) is 11.8 Å². The highest BCUT2D eigenvalue weighted by atomic mass is 79.9. The Morgan fingerprint density at radius 3 is 2.94 bits per heavy atom. The van der Waals surface area contributed by atoms with Crippen LogP contribution in [0.25, 0.3) is 0 Å². The fourth-order valence-corrected chi connectivity index (χ4v) is 5.15. The summed E-state index contributed by atoms with van der Waals surface area (Å²) in [4.78, 5) is 6.62. The fraction of sp³-hybridized carbons (Fsp3) is 0.889. The van der Waals surface area contributed by atoms with Crippen molar-refractivity contribution in [3.63, 3.8) is 0 Å². The van der Waals surface area contributed by atoms with Crippen LogP contribution in [0, 0.1) is 0 Å². The van der Waals surface area contributed by atoms with Crippen molar-refractivity contribution in [3.05, 3.63) is 0 Å². The summed E-state index contributed by atoms with van der Waals surface area (Å²) >= 11 is 5.21. The van der Waals surface area contributed by atoms with Crippen molar-refractivity contribution in [2.45, 2.75) is 18.2 Å². The number of hydrogen-bond donors (Lipinski definition) is 0. The van der Waals surface area contributed by atoms with Gasteiger partial charge >= 0.3 is 0 Å². The summed E-state index contributed by atoms with van der Waals surface area (Å²) in [5.41, 5.74) is 0. The molecular weight excluding hydrogens is 312 g/mol. The van der Waals surface area contributed by atoms with E-state index in [2.05, 4.69) is 25.8 Å². The van der Waals surface area contributed by atoms with E-state index in [-0.39, 0.29) is 17.5 Å². The van der Waals surface area contributed by atoms with Crippen LogP contribution in [-0.4, -0.2) is 59.7 Å². The van der Waals surface area contributed by atoms with Crippen LogP contribution in [0.3, 0.4) is 0 Å². The molecule has 1 saturated heterocycles. The van der Waals surface area contributed by atoms with Crippen LogP contribution in [0.2, 0.25) is 0 Å². The Morgan fingerprint density at radius 1 is 1.62 bits per heavy atom. The highest BCUT2D eigenvalue weighted by Crippen LogP contribution is 2.27. The third-order valence-corrected chi connectivity index (χ3v) is 7.02. The standard InChI is InChI=1S/C9H15BrN2O2S2/c1-7-6-16(13,14)3-2-12(7)9-11-5-8(4-10)15-9/h7-8H,2-6H2,1H3. The molecule has 0 amide bonds. The topological polar surface area (TPSA) is 49.7 Å². The van der Waals surface area contributed by atoms with Crippen LogP contribution in [0.5, 0.6) is 0 Å². The Balaban J connectivity index is 2.02. The van der Waals surface area contributed by atoms with Crippen LogP contribution in [0.15, 0.2) is 4.99 Å². The van der Waals surface area contributed by atoms with Gasteiger partial charge in [0.2, 0.25) is 0 Å². The second kappa shape index (κ2) is 4.86. The van der Waals surface area contributed by atoms with Gasteiger partial charge in [-0.2, -0.15) is 0 Å². The number of alkyl halides is 1. The Kier molecular flexibility index (Phi) is 3.86. The fourth-order valence-electron chi connectivity index (χ4n) is 1.93. The number of rotatable bonds is 1. The molecule has 0 radical (unpaired) electrons. The predicted octanol–water partition coefficient (Wildman–Crippen LogP) is 0.972. The van der Waals surface area contributed by atoms with E-state index in [1.54, 1.807) is 11.8 Å². The van der Waals surface area contributed by atoms with Crippen molar-refractivity contribution < 1.29 is 8.42 Å². The molecule has 0 spiro atoms. The molecule has 0 aromatic heterocycles. The van der Waals surface area contributed by atoms with Crippen molar-refractivity contribution in [1.82, 2.24) is 4.90 Å². The third kappa shape index (κ3) is 2.73. The van der Waals surface area contributed by atoms with E-state index in [1.165, 1.54) is 0 Å². The zero-order valence-electron chi connectivity index (χ0n) is 9.10. The lowest BCUT2D eigenvalue weighted by Crippen LogP contribution is -2.48. The van der Waals surface area contributed by atoms with Gasteiger partial charge in [-0.3, -0.25) is 4.99 Å². The van der Waals surface area contributed by atoms with Gasteiger partial charge in [-0.25, -0.2) is 8.42 Å². The second-order valence-corrected chi connectivity index (χ2v) is 8.32. The number of nitrogens with zero attached hydrogens (tertiary/aromatic N) is 2. The first-order valence-corrected chi connectivity index (χ1v) is 9.08. The first kappa shape index (κ1) is 12.7. The zero-order chi connectivity index (χ0) is 11.8. The first-order chi connectivity index (χ1) is 7.52. The maximum absolute atomic E-state index is 11.5. The van der Waals surface area contributed by atoms with Gasteiger partial charge in [-0.1, -0.05) is 27.7 Å². The molecule has 0 bridgehead atoms. The van der Waals surface area contributed by atoms with Gasteiger partial charge in [0, 0.05) is 23.2 Å². The molecular formula is C9H15BrN2O2S2. The molecule has 2 heterocycles. The lowest BCUT2D eigenvalue weighted by Gasteiger charge is -2.34. The molecule has 4 nitrogen and oxygen atoms in total. The maximum atomic E-state index is 11.5. The quantitative estimate of drug-likeness (QED) is 0.674. The van der Waals surface area contributed by atoms with Crippen molar-refractivity contribution in [2.75, 3.05) is 29.9 Å². The number of hydrogen-bond acceptors (Lipinski definition) is 5. The average Bonchev–Trinajstić information content (AvgIpc) is 2.64. The summed E-state index contributed by atoms with van der Waals surface area (Å²) in [6.07, 6.45) is 0. The molecule has 0 saturated carbocycles. The summed E-state index contributed by atoms with van der Waals surface area (Å²) in [5, 5.41) is 2.46. The van der Waals surface area contributed by atoms with Gasteiger partial charge < -0.3 is 4.90 Å². The van der Waals surface area contributed by atoms with E-state index in [4.69, 9.17) is 0 Å². The molecule has 0 aliphatic carbocycles. The van der Waals surface area contributed by atoms with Crippen LogP contribution in [-0.2, 0) is 9.84 Å². The number of thioether (sulfide) groups is 1. The predicted molar refractivity (Wildman–Crippen MR) is 72.3 cm³/mol. The molecule has 2 unspecified atom stereocenters. The van der Waals surface area contributed by atoms with Gasteiger partial charge in [-0.15, -0.1) is 0 Å². The van der Waals surface area contributed by atoms with E-state index in [0.717, 1.165) is 17.0 Å². The average molecular weight is 327 g/mol. The number of amidine groups is 1. The smallest absolute Gasteiger partial charge is 0.159 e. The van der Waals surface area contributed by atoms with E-state index < -0.39 is 9.84 Å². The lowest BCUT2D eigenvalue weighted by atomic mass is 10.3. The third-order valence-electron chi connectivity index (χ3n) is 2.79. The van der Waals surface area contributed by atoms with Gasteiger partial charge in [-0.05, 0) is 6.92 Å². The number of aliphatic imine (C=N–C) groups is 1. The normalized spacial score (nSPS) is 33.9. The molecule has 16 heavy (non-hydrogen) atoms. The largest absolute Gasteiger partial charge is 0.347 e. The van der Waals surface area contributed by atoms with E-state index in [1.807, 2.05) is 6.92 Å². The van der Waals surface area contributed by atoms with Crippen LogP contribution < -0.4 is 0 Å². The molecule has 7 heteroatoms. The molecule has 0 aromatic rings. The minimum Gasteiger partial charge on any atom is -0.347 e. The second-order valence-electron chi connectivity index (χ2n) is 4.17. The maximum Gasteiger partial charge on any atom is 0.159 e. The molecule has 92 valence electrons. The Morgan fingerprint density at radius 2 is 2.38 bits per heavy atom. The van der Waals surface area contributed by atoms with E-state index in [9.17, 15) is 8.42 Å². The SMILES string of the molecule is CC1CS(=O)(=O)CCN1C1=NCC(CBr)S1. The minimum atomic E-state index is -2.83. The molecule has 2 atom stereocenters. The highest BCUT2D eigenvalue weighted by Gasteiger charge is 2.33. The summed E-state index contributed by atoms with van der Waals surface area (Å²) in [7, 11) is -2.83. The van der Waals surface area contributed by atoms with Crippen molar-refractivity contribution in [2.24, 2.45) is 4.99 Å². The van der Waals surface area contributed by atoms with Gasteiger partial charge in [0.25, 0.3) is 0 Å². The van der Waals surface area contributed by atoms with Crippen molar-refractivity contribution in [1.29, 1.82) is 0 Å².